The summed E-state index contributed by atoms with van der Waals surface area (Å²) in [6.07, 6.45) is 0. The molecule has 0 atom stereocenters. The Balaban J connectivity index is 1.10. The van der Waals surface area contributed by atoms with Crippen LogP contribution < -0.4 is 4.90 Å². The van der Waals surface area contributed by atoms with Gasteiger partial charge in [-0.3, -0.25) is 0 Å². The lowest BCUT2D eigenvalue weighted by atomic mass is 9.67. The van der Waals surface area contributed by atoms with Gasteiger partial charge in [-0.1, -0.05) is 178 Å². The molecule has 10 aromatic rings. The molecule has 0 amide bonds. The zero-order chi connectivity index (χ0) is 40.0. The van der Waals surface area contributed by atoms with Crippen molar-refractivity contribution in [2.45, 2.75) is 24.7 Å². The van der Waals surface area contributed by atoms with E-state index in [0.29, 0.717) is 0 Å². The van der Waals surface area contributed by atoms with Crippen molar-refractivity contribution >= 4 is 39.0 Å². The van der Waals surface area contributed by atoms with Crippen molar-refractivity contribution in [2.24, 2.45) is 0 Å². The number of hydrogen-bond donors (Lipinski definition) is 0. The SMILES string of the molecule is CC1(C)c2ccccc2-c2cccc(-c3cccc(N(c4ccc5c(c4)C(c4ccccc4)(c4ccccc4)c4ccccc4-5)c4ccc5c(c4)oc4ccccc45)c3)c21. The molecule has 2 aliphatic carbocycles. The smallest absolute Gasteiger partial charge is 0.137 e. The van der Waals surface area contributed by atoms with Gasteiger partial charge in [0.1, 0.15) is 11.2 Å². The van der Waals surface area contributed by atoms with Crippen LogP contribution >= 0.6 is 0 Å². The van der Waals surface area contributed by atoms with Gasteiger partial charge in [-0.25, -0.2) is 0 Å². The first-order chi connectivity index (χ1) is 29.5. The Morgan fingerprint density at radius 2 is 0.917 bits per heavy atom. The highest BCUT2D eigenvalue weighted by Gasteiger charge is 2.46. The van der Waals surface area contributed by atoms with Crippen molar-refractivity contribution in [1.29, 1.82) is 0 Å². The summed E-state index contributed by atoms with van der Waals surface area (Å²) >= 11 is 0. The molecular formula is C58H41NO. The minimum absolute atomic E-state index is 0.141. The lowest BCUT2D eigenvalue weighted by Gasteiger charge is -2.35. The minimum atomic E-state index is -0.522. The van der Waals surface area contributed by atoms with Gasteiger partial charge in [0.05, 0.1) is 5.41 Å². The van der Waals surface area contributed by atoms with E-state index in [-0.39, 0.29) is 5.41 Å². The Hall–Kier alpha value is -7.42. The van der Waals surface area contributed by atoms with Crippen LogP contribution in [0, 0.1) is 0 Å². The van der Waals surface area contributed by atoms with Gasteiger partial charge in [-0.15, -0.1) is 0 Å². The first-order valence-corrected chi connectivity index (χ1v) is 20.9. The first-order valence-electron chi connectivity index (χ1n) is 20.9. The van der Waals surface area contributed by atoms with Crippen LogP contribution in [0.1, 0.15) is 47.2 Å². The number of fused-ring (bicyclic) bond motifs is 9. The van der Waals surface area contributed by atoms with Crippen LogP contribution in [0.2, 0.25) is 0 Å². The van der Waals surface area contributed by atoms with E-state index in [2.05, 4.69) is 225 Å². The standard InChI is InChI=1S/C58H41NO/c1-57(2)51-28-12-9-24-46(51)50-27-16-26-44(56(50)57)38-17-15-22-41(35-38)59(43-32-34-49-48-25-11-14-30-54(48)60-55(49)37-43)42-31-33-47-45-23-10-13-29-52(45)58(53(47)36-42,39-18-5-3-6-19-39)40-20-7-4-8-21-40/h3-37H,1-2H3. The average molecular weight is 768 g/mol. The van der Waals surface area contributed by atoms with Crippen LogP contribution in [0.3, 0.4) is 0 Å². The van der Waals surface area contributed by atoms with Crippen molar-refractivity contribution in [1.82, 2.24) is 0 Å². The summed E-state index contributed by atoms with van der Waals surface area (Å²) in [4.78, 5) is 2.42. The van der Waals surface area contributed by atoms with Gasteiger partial charge in [0, 0.05) is 39.3 Å². The zero-order valence-corrected chi connectivity index (χ0v) is 33.6. The molecule has 12 rings (SSSR count). The largest absolute Gasteiger partial charge is 0.456 e. The van der Waals surface area contributed by atoms with Crippen LogP contribution in [-0.2, 0) is 10.8 Å². The first kappa shape index (κ1) is 34.6. The predicted molar refractivity (Wildman–Crippen MR) is 249 cm³/mol. The highest BCUT2D eigenvalue weighted by atomic mass is 16.3. The van der Waals surface area contributed by atoms with Crippen molar-refractivity contribution < 1.29 is 4.42 Å². The normalized spacial score (nSPS) is 14.1. The Kier molecular flexibility index (Phi) is 7.52. The molecule has 0 unspecified atom stereocenters. The highest BCUT2D eigenvalue weighted by Crippen LogP contribution is 2.58. The van der Waals surface area contributed by atoms with E-state index in [1.54, 1.807) is 0 Å². The molecule has 0 bridgehead atoms. The third kappa shape index (κ3) is 4.88. The molecule has 2 aliphatic rings. The fraction of sp³-hybridized carbons (Fsp3) is 0.0690. The van der Waals surface area contributed by atoms with E-state index in [4.69, 9.17) is 4.42 Å². The minimum Gasteiger partial charge on any atom is -0.456 e. The molecule has 0 spiro atoms. The van der Waals surface area contributed by atoms with Crippen LogP contribution in [0.25, 0.3) is 55.3 Å². The molecule has 2 nitrogen and oxygen atoms in total. The molecule has 2 heteroatoms. The Labute approximate surface area is 350 Å². The topological polar surface area (TPSA) is 16.4 Å². The van der Waals surface area contributed by atoms with Gasteiger partial charge in [0.25, 0.3) is 0 Å². The van der Waals surface area contributed by atoms with E-state index in [1.807, 2.05) is 6.07 Å². The molecule has 0 N–H and O–H groups in total. The van der Waals surface area contributed by atoms with Crippen molar-refractivity contribution in [3.05, 3.63) is 246 Å². The van der Waals surface area contributed by atoms with Gasteiger partial charge in [0.15, 0.2) is 0 Å². The summed E-state index contributed by atoms with van der Waals surface area (Å²) in [5, 5.41) is 2.24. The third-order valence-electron chi connectivity index (χ3n) is 13.3. The van der Waals surface area contributed by atoms with Crippen LogP contribution in [0.15, 0.2) is 217 Å². The molecule has 9 aromatic carbocycles. The van der Waals surface area contributed by atoms with Gasteiger partial charge in [-0.2, -0.15) is 0 Å². The van der Waals surface area contributed by atoms with Gasteiger partial charge >= 0.3 is 0 Å². The van der Waals surface area contributed by atoms with Crippen LogP contribution in [0.5, 0.6) is 0 Å². The molecule has 284 valence electrons. The van der Waals surface area contributed by atoms with Crippen LogP contribution in [-0.4, -0.2) is 0 Å². The van der Waals surface area contributed by atoms with E-state index in [1.165, 1.54) is 66.8 Å². The van der Waals surface area contributed by atoms with Crippen molar-refractivity contribution in [2.75, 3.05) is 4.90 Å². The maximum Gasteiger partial charge on any atom is 0.137 e. The van der Waals surface area contributed by atoms with E-state index in [0.717, 1.165) is 39.0 Å². The summed E-state index contributed by atoms with van der Waals surface area (Å²) in [6.45, 7) is 4.74. The molecular weight excluding hydrogens is 727 g/mol. The summed E-state index contributed by atoms with van der Waals surface area (Å²) in [5.41, 5.74) is 19.7. The number of para-hydroxylation sites is 1. The summed E-state index contributed by atoms with van der Waals surface area (Å²) in [5.74, 6) is 0. The molecule has 0 radical (unpaired) electrons. The quantitative estimate of drug-likeness (QED) is 0.168. The molecule has 1 aromatic heterocycles. The van der Waals surface area contributed by atoms with Gasteiger partial charge in [-0.05, 0) is 109 Å². The summed E-state index contributed by atoms with van der Waals surface area (Å²) in [6, 6.07) is 78.0. The molecule has 0 saturated heterocycles. The lowest BCUT2D eigenvalue weighted by Crippen LogP contribution is -2.28. The molecule has 1 heterocycles. The summed E-state index contributed by atoms with van der Waals surface area (Å²) < 4.78 is 6.55. The second kappa shape index (κ2) is 13.0. The van der Waals surface area contributed by atoms with E-state index < -0.39 is 5.41 Å². The Morgan fingerprint density at radius 3 is 1.70 bits per heavy atom. The second-order valence-corrected chi connectivity index (χ2v) is 16.8. The van der Waals surface area contributed by atoms with Crippen LogP contribution in [0.4, 0.5) is 17.1 Å². The highest BCUT2D eigenvalue weighted by molar-refractivity contribution is 6.06. The average Bonchev–Trinajstić information content (AvgIpc) is 3.90. The Morgan fingerprint density at radius 1 is 0.367 bits per heavy atom. The number of nitrogens with zero attached hydrogens (tertiary/aromatic N) is 1. The lowest BCUT2D eigenvalue weighted by molar-refractivity contribution is 0.662. The van der Waals surface area contributed by atoms with Gasteiger partial charge in [0.2, 0.25) is 0 Å². The number of benzene rings is 9. The fourth-order valence-corrected chi connectivity index (χ4v) is 10.8. The maximum absolute atomic E-state index is 6.55. The summed E-state index contributed by atoms with van der Waals surface area (Å²) in [7, 11) is 0. The Bertz CT molecular complexity index is 3260. The third-order valence-corrected chi connectivity index (χ3v) is 13.3. The predicted octanol–water partition coefficient (Wildman–Crippen LogP) is 15.4. The van der Waals surface area contributed by atoms with Crippen molar-refractivity contribution in [3.63, 3.8) is 0 Å². The van der Waals surface area contributed by atoms with Gasteiger partial charge < -0.3 is 9.32 Å². The zero-order valence-electron chi connectivity index (χ0n) is 33.6. The number of rotatable bonds is 6. The fourth-order valence-electron chi connectivity index (χ4n) is 10.8. The van der Waals surface area contributed by atoms with E-state index in [9.17, 15) is 0 Å². The van der Waals surface area contributed by atoms with Crippen molar-refractivity contribution in [3.8, 4) is 33.4 Å². The van der Waals surface area contributed by atoms with E-state index >= 15 is 0 Å². The number of hydrogen-bond acceptors (Lipinski definition) is 2. The monoisotopic (exact) mass is 767 g/mol. The number of anilines is 3. The maximum atomic E-state index is 6.55. The molecule has 0 aliphatic heterocycles. The molecule has 60 heavy (non-hydrogen) atoms. The molecule has 0 fully saturated rings. The number of furan rings is 1. The molecule has 0 saturated carbocycles. The second-order valence-electron chi connectivity index (χ2n) is 16.8.